The van der Waals surface area contributed by atoms with Gasteiger partial charge in [-0.2, -0.15) is 0 Å². The molecule has 0 aliphatic carbocycles. The van der Waals surface area contributed by atoms with E-state index in [9.17, 15) is 4.79 Å². The lowest BCUT2D eigenvalue weighted by Gasteiger charge is -2.04. The minimum absolute atomic E-state index is 0.395. The van der Waals surface area contributed by atoms with E-state index in [1.54, 1.807) is 34.9 Å². The molecule has 19 heavy (non-hydrogen) atoms. The van der Waals surface area contributed by atoms with Crippen LogP contribution in [0.3, 0.4) is 0 Å². The number of pyridine rings is 1. The van der Waals surface area contributed by atoms with Crippen molar-refractivity contribution in [2.45, 2.75) is 6.42 Å². The fraction of sp³-hybridized carbons (Fsp3) is 0.154. The van der Waals surface area contributed by atoms with Gasteiger partial charge in [-0.05, 0) is 24.3 Å². The molecule has 0 saturated carbocycles. The van der Waals surface area contributed by atoms with Crippen molar-refractivity contribution in [3.8, 4) is 0 Å². The molecule has 6 heteroatoms. The standard InChI is InChI=1S/C13H11N3O3/c1-18-13(17)10-5-2-6-11-14-15-12(16(10)11)8-9-4-3-7-19-9/h2-7H,8H2,1H3. The first-order valence-electron chi connectivity index (χ1n) is 5.73. The van der Waals surface area contributed by atoms with Crippen molar-refractivity contribution in [2.75, 3.05) is 7.11 Å². The highest BCUT2D eigenvalue weighted by molar-refractivity contribution is 5.88. The number of hydrogen-bond donors (Lipinski definition) is 0. The Morgan fingerprint density at radius 2 is 2.21 bits per heavy atom. The average molecular weight is 257 g/mol. The molecule has 96 valence electrons. The normalized spacial score (nSPS) is 10.8. The zero-order chi connectivity index (χ0) is 13.2. The molecule has 0 unspecified atom stereocenters. The van der Waals surface area contributed by atoms with E-state index in [4.69, 9.17) is 9.15 Å². The molecule has 0 aliphatic rings. The number of carbonyl (C=O) groups is 1. The summed E-state index contributed by atoms with van der Waals surface area (Å²) < 4.78 is 11.7. The fourth-order valence-electron chi connectivity index (χ4n) is 1.95. The zero-order valence-electron chi connectivity index (χ0n) is 10.2. The molecule has 0 aromatic carbocycles. The Labute approximate surface area is 108 Å². The first kappa shape index (κ1) is 11.5. The predicted molar refractivity (Wildman–Crippen MR) is 65.8 cm³/mol. The van der Waals surface area contributed by atoms with Crippen molar-refractivity contribution in [3.05, 3.63) is 53.9 Å². The van der Waals surface area contributed by atoms with E-state index in [0.29, 0.717) is 23.6 Å². The largest absolute Gasteiger partial charge is 0.469 e. The molecule has 0 aliphatic heterocycles. The van der Waals surface area contributed by atoms with Gasteiger partial charge in [0, 0.05) is 0 Å². The lowest BCUT2D eigenvalue weighted by Crippen LogP contribution is -2.10. The van der Waals surface area contributed by atoms with Gasteiger partial charge in [0.2, 0.25) is 0 Å². The quantitative estimate of drug-likeness (QED) is 0.668. The third kappa shape index (κ3) is 1.97. The maximum atomic E-state index is 11.8. The first-order chi connectivity index (χ1) is 9.29. The second-order valence-electron chi connectivity index (χ2n) is 3.97. The van der Waals surface area contributed by atoms with Gasteiger partial charge in [0.15, 0.2) is 5.65 Å². The first-order valence-corrected chi connectivity index (χ1v) is 5.73. The Hall–Kier alpha value is -2.63. The third-order valence-corrected chi connectivity index (χ3v) is 2.80. The van der Waals surface area contributed by atoms with Crippen LogP contribution in [0, 0.1) is 0 Å². The van der Waals surface area contributed by atoms with E-state index in [1.165, 1.54) is 7.11 Å². The van der Waals surface area contributed by atoms with Crippen LogP contribution < -0.4 is 0 Å². The van der Waals surface area contributed by atoms with Crippen molar-refractivity contribution < 1.29 is 13.9 Å². The molecule has 6 nitrogen and oxygen atoms in total. The molecular formula is C13H11N3O3. The summed E-state index contributed by atoms with van der Waals surface area (Å²) in [5, 5.41) is 8.13. The van der Waals surface area contributed by atoms with Gasteiger partial charge in [0.05, 0.1) is 19.8 Å². The van der Waals surface area contributed by atoms with Crippen LogP contribution in [-0.4, -0.2) is 27.7 Å². The second-order valence-corrected chi connectivity index (χ2v) is 3.97. The highest BCUT2D eigenvalue weighted by Crippen LogP contribution is 2.13. The summed E-state index contributed by atoms with van der Waals surface area (Å²) in [6.07, 6.45) is 2.06. The molecule has 0 spiro atoms. The van der Waals surface area contributed by atoms with Gasteiger partial charge in [0.25, 0.3) is 0 Å². The van der Waals surface area contributed by atoms with Crippen LogP contribution >= 0.6 is 0 Å². The SMILES string of the molecule is COC(=O)c1cccc2nnc(Cc3ccco3)n12. The summed E-state index contributed by atoms with van der Waals surface area (Å²) in [5.74, 6) is 0.964. The number of aromatic nitrogens is 3. The highest BCUT2D eigenvalue weighted by Gasteiger charge is 2.16. The number of methoxy groups -OCH3 is 1. The molecule has 3 aromatic rings. The lowest BCUT2D eigenvalue weighted by molar-refractivity contribution is 0.0592. The van der Waals surface area contributed by atoms with E-state index in [1.807, 2.05) is 6.07 Å². The molecule has 0 bridgehead atoms. The number of hydrogen-bond acceptors (Lipinski definition) is 5. The molecule has 0 atom stereocenters. The molecule has 0 amide bonds. The Morgan fingerprint density at radius 1 is 1.32 bits per heavy atom. The van der Waals surface area contributed by atoms with Crippen LogP contribution in [0.1, 0.15) is 22.1 Å². The van der Waals surface area contributed by atoms with E-state index in [0.717, 1.165) is 5.76 Å². The van der Waals surface area contributed by atoms with E-state index >= 15 is 0 Å². The van der Waals surface area contributed by atoms with E-state index in [-0.39, 0.29) is 0 Å². The van der Waals surface area contributed by atoms with Crippen LogP contribution in [0.4, 0.5) is 0 Å². The molecule has 0 fully saturated rings. The zero-order valence-corrected chi connectivity index (χ0v) is 10.2. The number of fused-ring (bicyclic) bond motifs is 1. The molecule has 0 saturated heterocycles. The van der Waals surface area contributed by atoms with Crippen molar-refractivity contribution in [3.63, 3.8) is 0 Å². The van der Waals surface area contributed by atoms with E-state index in [2.05, 4.69) is 10.2 Å². The summed E-state index contributed by atoms with van der Waals surface area (Å²) in [6, 6.07) is 8.85. The molecule has 3 rings (SSSR count). The van der Waals surface area contributed by atoms with Crippen molar-refractivity contribution >= 4 is 11.6 Å². The van der Waals surface area contributed by atoms with Gasteiger partial charge in [-0.1, -0.05) is 6.07 Å². The topological polar surface area (TPSA) is 69.6 Å². The van der Waals surface area contributed by atoms with Crippen molar-refractivity contribution in [1.29, 1.82) is 0 Å². The molecule has 3 heterocycles. The van der Waals surface area contributed by atoms with Gasteiger partial charge >= 0.3 is 5.97 Å². The number of esters is 1. The number of ether oxygens (including phenoxy) is 1. The fourth-order valence-corrected chi connectivity index (χ4v) is 1.95. The van der Waals surface area contributed by atoms with Crippen LogP contribution in [0.2, 0.25) is 0 Å². The minimum atomic E-state index is -0.425. The lowest BCUT2D eigenvalue weighted by atomic mass is 10.3. The summed E-state index contributed by atoms with van der Waals surface area (Å²) in [6.45, 7) is 0. The van der Waals surface area contributed by atoms with Crippen molar-refractivity contribution in [1.82, 2.24) is 14.6 Å². The van der Waals surface area contributed by atoms with Gasteiger partial charge in [-0.25, -0.2) is 4.79 Å². The maximum Gasteiger partial charge on any atom is 0.355 e. The Morgan fingerprint density at radius 3 is 2.95 bits per heavy atom. The van der Waals surface area contributed by atoms with Gasteiger partial charge in [-0.15, -0.1) is 10.2 Å². The summed E-state index contributed by atoms with van der Waals surface area (Å²) in [4.78, 5) is 11.8. The average Bonchev–Trinajstić information content (AvgIpc) is 3.08. The third-order valence-electron chi connectivity index (χ3n) is 2.80. The maximum absolute atomic E-state index is 11.8. The smallest absolute Gasteiger partial charge is 0.355 e. The summed E-state index contributed by atoms with van der Waals surface area (Å²) in [7, 11) is 1.34. The van der Waals surface area contributed by atoms with Crippen molar-refractivity contribution in [2.24, 2.45) is 0 Å². The monoisotopic (exact) mass is 257 g/mol. The molecule has 3 aromatic heterocycles. The molecule has 0 N–H and O–H groups in total. The Balaban J connectivity index is 2.12. The number of furan rings is 1. The number of nitrogens with zero attached hydrogens (tertiary/aromatic N) is 3. The van der Waals surface area contributed by atoms with Gasteiger partial charge in [-0.3, -0.25) is 4.40 Å². The van der Waals surface area contributed by atoms with Crippen LogP contribution in [0.15, 0.2) is 41.0 Å². The predicted octanol–water partition coefficient (Wildman–Crippen LogP) is 1.70. The Bertz CT molecular complexity index is 716. The molecular weight excluding hydrogens is 246 g/mol. The number of carbonyl (C=O) groups excluding carboxylic acids is 1. The summed E-state index contributed by atoms with van der Waals surface area (Å²) in [5.41, 5.74) is 0.996. The highest BCUT2D eigenvalue weighted by atomic mass is 16.5. The van der Waals surface area contributed by atoms with Crippen LogP contribution in [0.5, 0.6) is 0 Å². The second kappa shape index (κ2) is 4.56. The minimum Gasteiger partial charge on any atom is -0.469 e. The number of rotatable bonds is 3. The Kier molecular flexibility index (Phi) is 2.75. The molecule has 0 radical (unpaired) electrons. The van der Waals surface area contributed by atoms with E-state index < -0.39 is 5.97 Å². The van der Waals surface area contributed by atoms with Crippen LogP contribution in [0.25, 0.3) is 5.65 Å². The van der Waals surface area contributed by atoms with Gasteiger partial charge < -0.3 is 9.15 Å². The van der Waals surface area contributed by atoms with Gasteiger partial charge in [0.1, 0.15) is 17.3 Å². The summed E-state index contributed by atoms with van der Waals surface area (Å²) >= 11 is 0. The van der Waals surface area contributed by atoms with Crippen LogP contribution in [-0.2, 0) is 11.2 Å².